The molecule has 5 heteroatoms. The summed E-state index contributed by atoms with van der Waals surface area (Å²) in [4.78, 5) is 4.12. The number of likely N-dealkylation sites (tertiary alicyclic amines) is 1. The fourth-order valence-electron chi connectivity index (χ4n) is 4.74. The Labute approximate surface area is 201 Å². The first-order chi connectivity index (χ1) is 15.0. The van der Waals surface area contributed by atoms with Crippen LogP contribution >= 0.6 is 23.9 Å². The molecule has 0 radical (unpaired) electrons. The van der Waals surface area contributed by atoms with E-state index < -0.39 is 0 Å². The first kappa shape index (κ1) is 25.4. The molecule has 3 aliphatic rings. The van der Waals surface area contributed by atoms with Crippen molar-refractivity contribution in [2.75, 3.05) is 51.6 Å². The van der Waals surface area contributed by atoms with Crippen molar-refractivity contribution in [1.29, 1.82) is 0 Å². The standard InChI is InChI=1S/C14H28N2S.C12H17NS/c1-2-13-17-16-11-6-14(7-12-16)5-10-15-8-3-4-9-15;1-9-7-10(2)12(11(3)8-9)14-13-5-4-6-13/h14H,2-13H2,1H3;7-8H,4-6H2,1-3H3. The van der Waals surface area contributed by atoms with Crippen LogP contribution in [-0.2, 0) is 0 Å². The van der Waals surface area contributed by atoms with E-state index in [1.54, 1.807) is 0 Å². The smallest absolute Gasteiger partial charge is 0.0288 e. The Morgan fingerprint density at radius 2 is 1.48 bits per heavy atom. The van der Waals surface area contributed by atoms with Gasteiger partial charge in [-0.3, -0.25) is 4.31 Å². The third-order valence-electron chi connectivity index (χ3n) is 6.74. The monoisotopic (exact) mass is 463 g/mol. The molecule has 3 saturated heterocycles. The van der Waals surface area contributed by atoms with Crippen LogP contribution in [-0.4, -0.2) is 65.1 Å². The molecule has 1 aromatic rings. The molecule has 4 rings (SSSR count). The minimum absolute atomic E-state index is 1.01. The van der Waals surface area contributed by atoms with Gasteiger partial charge in [0.1, 0.15) is 0 Å². The molecule has 3 aliphatic heterocycles. The van der Waals surface area contributed by atoms with Crippen LogP contribution in [0.25, 0.3) is 0 Å². The number of hydrogen-bond acceptors (Lipinski definition) is 5. The van der Waals surface area contributed by atoms with Gasteiger partial charge in [-0.15, -0.1) is 0 Å². The maximum Gasteiger partial charge on any atom is 0.0288 e. The molecular formula is C26H45N3S2. The molecule has 0 aromatic heterocycles. The largest absolute Gasteiger partial charge is 0.303 e. The molecule has 1 aromatic carbocycles. The summed E-state index contributed by atoms with van der Waals surface area (Å²) >= 11 is 3.99. The molecule has 0 atom stereocenters. The Bertz CT molecular complexity index is 625. The van der Waals surface area contributed by atoms with E-state index in [2.05, 4.69) is 65.3 Å². The summed E-state index contributed by atoms with van der Waals surface area (Å²) in [5, 5.41) is 0. The van der Waals surface area contributed by atoms with Crippen LogP contribution in [0.15, 0.2) is 17.0 Å². The molecular weight excluding hydrogens is 418 g/mol. The normalized spacial score (nSPS) is 21.0. The lowest BCUT2D eigenvalue weighted by molar-refractivity contribution is 0.240. The molecule has 176 valence electrons. The molecule has 0 bridgehead atoms. The average molecular weight is 464 g/mol. The van der Waals surface area contributed by atoms with Crippen molar-refractivity contribution in [3.63, 3.8) is 0 Å². The zero-order chi connectivity index (χ0) is 22.1. The van der Waals surface area contributed by atoms with E-state index in [-0.39, 0.29) is 0 Å². The van der Waals surface area contributed by atoms with Crippen LogP contribution in [0, 0.1) is 26.7 Å². The lowest BCUT2D eigenvalue weighted by Gasteiger charge is -2.31. The van der Waals surface area contributed by atoms with Gasteiger partial charge in [0.25, 0.3) is 0 Å². The van der Waals surface area contributed by atoms with E-state index in [0.29, 0.717) is 0 Å². The molecule has 3 fully saturated rings. The van der Waals surface area contributed by atoms with Gasteiger partial charge in [-0.2, -0.15) is 0 Å². The van der Waals surface area contributed by atoms with E-state index in [4.69, 9.17) is 0 Å². The Balaban J connectivity index is 0.000000179. The van der Waals surface area contributed by atoms with Gasteiger partial charge in [0.15, 0.2) is 0 Å². The Morgan fingerprint density at radius 1 is 0.839 bits per heavy atom. The van der Waals surface area contributed by atoms with Crippen molar-refractivity contribution in [1.82, 2.24) is 13.5 Å². The lowest BCUT2D eigenvalue weighted by Crippen LogP contribution is -2.31. The molecule has 0 aliphatic carbocycles. The molecule has 0 N–H and O–H groups in total. The Hall–Kier alpha value is -0.200. The highest BCUT2D eigenvalue weighted by Gasteiger charge is 2.21. The van der Waals surface area contributed by atoms with Crippen LogP contribution < -0.4 is 0 Å². The van der Waals surface area contributed by atoms with Crippen molar-refractivity contribution in [3.05, 3.63) is 28.8 Å². The Morgan fingerprint density at radius 3 is 2.03 bits per heavy atom. The zero-order valence-electron chi connectivity index (χ0n) is 20.5. The minimum atomic E-state index is 1.01. The molecule has 31 heavy (non-hydrogen) atoms. The van der Waals surface area contributed by atoms with Crippen LogP contribution in [0.4, 0.5) is 0 Å². The summed E-state index contributed by atoms with van der Waals surface area (Å²) in [6.07, 6.45) is 9.86. The van der Waals surface area contributed by atoms with Crippen LogP contribution in [0.2, 0.25) is 0 Å². The summed E-state index contributed by atoms with van der Waals surface area (Å²) < 4.78 is 5.03. The quantitative estimate of drug-likeness (QED) is 0.402. The third-order valence-corrected chi connectivity index (χ3v) is 9.51. The second kappa shape index (κ2) is 13.5. The number of rotatable bonds is 8. The van der Waals surface area contributed by atoms with Gasteiger partial charge in [-0.05, 0) is 114 Å². The molecule has 3 heterocycles. The van der Waals surface area contributed by atoms with Gasteiger partial charge < -0.3 is 4.90 Å². The average Bonchev–Trinajstić information content (AvgIpc) is 3.24. The van der Waals surface area contributed by atoms with Crippen molar-refractivity contribution in [3.8, 4) is 0 Å². The highest BCUT2D eigenvalue weighted by Crippen LogP contribution is 2.33. The Kier molecular flexibility index (Phi) is 11.1. The second-order valence-corrected chi connectivity index (χ2v) is 11.9. The van der Waals surface area contributed by atoms with Gasteiger partial charge in [0.2, 0.25) is 0 Å². The maximum absolute atomic E-state index is 2.66. The van der Waals surface area contributed by atoms with Crippen LogP contribution in [0.3, 0.4) is 0 Å². The van der Waals surface area contributed by atoms with Gasteiger partial charge in [0, 0.05) is 36.8 Å². The number of nitrogens with zero attached hydrogens (tertiary/aromatic N) is 3. The predicted octanol–water partition coefficient (Wildman–Crippen LogP) is 6.57. The summed E-state index contributed by atoms with van der Waals surface area (Å²) in [6, 6.07) is 4.55. The first-order valence-corrected chi connectivity index (χ1v) is 14.4. The zero-order valence-corrected chi connectivity index (χ0v) is 22.1. The van der Waals surface area contributed by atoms with E-state index in [1.165, 1.54) is 118 Å². The van der Waals surface area contributed by atoms with Crippen LogP contribution in [0.5, 0.6) is 0 Å². The van der Waals surface area contributed by atoms with E-state index in [0.717, 1.165) is 5.92 Å². The molecule has 0 amide bonds. The molecule has 0 spiro atoms. The second-order valence-electron chi connectivity index (χ2n) is 9.64. The number of hydrogen-bond donors (Lipinski definition) is 0. The molecule has 0 saturated carbocycles. The summed E-state index contributed by atoms with van der Waals surface area (Å²) in [7, 11) is 0. The number of piperidine rings is 1. The van der Waals surface area contributed by atoms with Crippen molar-refractivity contribution >= 4 is 23.9 Å². The third kappa shape index (κ3) is 8.58. The van der Waals surface area contributed by atoms with E-state index in [1.807, 2.05) is 11.9 Å². The SMILES string of the molecule is CCCSN1CCC(CCN2CCCC2)CC1.Cc1cc(C)c(SN2CCC2)c(C)c1. The molecule has 3 nitrogen and oxygen atoms in total. The topological polar surface area (TPSA) is 9.72 Å². The van der Waals surface area contributed by atoms with Crippen LogP contribution in [0.1, 0.15) is 68.6 Å². The summed E-state index contributed by atoms with van der Waals surface area (Å²) in [6.45, 7) is 18.1. The molecule has 0 unspecified atom stereocenters. The number of benzene rings is 1. The van der Waals surface area contributed by atoms with Gasteiger partial charge in [-0.25, -0.2) is 4.31 Å². The van der Waals surface area contributed by atoms with E-state index in [9.17, 15) is 0 Å². The number of aryl methyl sites for hydroxylation is 3. The van der Waals surface area contributed by atoms with Gasteiger partial charge in [0.05, 0.1) is 0 Å². The van der Waals surface area contributed by atoms with Gasteiger partial charge in [-0.1, -0.05) is 36.6 Å². The minimum Gasteiger partial charge on any atom is -0.303 e. The summed E-state index contributed by atoms with van der Waals surface area (Å²) in [5.74, 6) is 2.31. The van der Waals surface area contributed by atoms with E-state index >= 15 is 0 Å². The van der Waals surface area contributed by atoms with Gasteiger partial charge >= 0.3 is 0 Å². The van der Waals surface area contributed by atoms with Crippen molar-refractivity contribution in [2.45, 2.75) is 77.5 Å². The maximum atomic E-state index is 2.66. The fourth-order valence-corrected chi connectivity index (χ4v) is 6.75. The van der Waals surface area contributed by atoms with Crippen molar-refractivity contribution in [2.24, 2.45) is 5.92 Å². The fraction of sp³-hybridized carbons (Fsp3) is 0.769. The van der Waals surface area contributed by atoms with Crippen molar-refractivity contribution < 1.29 is 0 Å². The highest BCUT2D eigenvalue weighted by molar-refractivity contribution is 7.97. The summed E-state index contributed by atoms with van der Waals surface area (Å²) in [5.41, 5.74) is 4.20. The first-order valence-electron chi connectivity index (χ1n) is 12.7. The highest BCUT2D eigenvalue weighted by atomic mass is 32.2. The lowest BCUT2D eigenvalue weighted by atomic mass is 9.94. The predicted molar refractivity (Wildman–Crippen MR) is 140 cm³/mol.